The lowest BCUT2D eigenvalue weighted by atomic mass is 10.0. The first kappa shape index (κ1) is 32.2. The topological polar surface area (TPSA) is 32.5 Å². The molecule has 10 aromatic rings. The summed E-state index contributed by atoms with van der Waals surface area (Å²) < 4.78 is 6.77. The fourth-order valence-electron chi connectivity index (χ4n) is 7.59. The van der Waals surface area contributed by atoms with Gasteiger partial charge in [0.2, 0.25) is 5.89 Å². The molecule has 0 aliphatic rings. The monoisotopic (exact) mass is 705 g/mol. The molecule has 1 aromatic heterocycles. The molecule has 55 heavy (non-hydrogen) atoms. The molecule has 0 aliphatic carbocycles. The standard InChI is InChI=1S/C51H35N3O/c1-5-15-36(16-6-1)38-25-29-44(30-26-38)54(43-23-11-4-12-24-43)48-35-46(34-41-28-32-47-50(49(41)48)55-51(52-47)39-18-7-2-8-19-39)53(42-21-9-3-10-22-42)45-31-27-37-17-13-14-20-40(37)33-45/h1-35H. The highest BCUT2D eigenvalue weighted by Crippen LogP contribution is 2.47. The molecule has 1 heterocycles. The van der Waals surface area contributed by atoms with Crippen LogP contribution >= 0.6 is 0 Å². The predicted molar refractivity (Wildman–Crippen MR) is 229 cm³/mol. The Hall–Kier alpha value is -7.43. The molecule has 0 saturated heterocycles. The van der Waals surface area contributed by atoms with E-state index in [-0.39, 0.29) is 0 Å². The largest absolute Gasteiger partial charge is 0.435 e. The smallest absolute Gasteiger partial charge is 0.227 e. The van der Waals surface area contributed by atoms with Crippen molar-refractivity contribution >= 4 is 66.8 Å². The third kappa shape index (κ3) is 6.06. The number of oxazole rings is 1. The first-order valence-corrected chi connectivity index (χ1v) is 18.5. The number of aromatic nitrogens is 1. The van der Waals surface area contributed by atoms with Crippen LogP contribution in [0, 0.1) is 0 Å². The number of anilines is 6. The molecule has 0 atom stereocenters. The molecule has 4 heteroatoms. The maximum atomic E-state index is 6.77. The zero-order valence-corrected chi connectivity index (χ0v) is 30.0. The summed E-state index contributed by atoms with van der Waals surface area (Å²) in [5, 5.41) is 4.41. The summed E-state index contributed by atoms with van der Waals surface area (Å²) in [6, 6.07) is 74.7. The first-order chi connectivity index (χ1) is 27.3. The molecule has 4 nitrogen and oxygen atoms in total. The summed E-state index contributed by atoms with van der Waals surface area (Å²) in [7, 11) is 0. The molecule has 260 valence electrons. The summed E-state index contributed by atoms with van der Waals surface area (Å²) in [6.07, 6.45) is 0. The van der Waals surface area contributed by atoms with E-state index < -0.39 is 0 Å². The zero-order valence-electron chi connectivity index (χ0n) is 30.0. The van der Waals surface area contributed by atoms with Crippen molar-refractivity contribution in [1.29, 1.82) is 0 Å². The average Bonchev–Trinajstić information content (AvgIpc) is 3.70. The molecule has 0 amide bonds. The number of hydrogen-bond donors (Lipinski definition) is 0. The third-order valence-electron chi connectivity index (χ3n) is 10.2. The van der Waals surface area contributed by atoms with Crippen molar-refractivity contribution < 1.29 is 4.42 Å². The van der Waals surface area contributed by atoms with Crippen LogP contribution in [0.3, 0.4) is 0 Å². The molecule has 0 N–H and O–H groups in total. The van der Waals surface area contributed by atoms with Gasteiger partial charge in [-0.25, -0.2) is 4.98 Å². The lowest BCUT2D eigenvalue weighted by molar-refractivity contribution is 0.623. The Morgan fingerprint density at radius 3 is 1.55 bits per heavy atom. The summed E-state index contributed by atoms with van der Waals surface area (Å²) >= 11 is 0. The fraction of sp³-hybridized carbons (Fsp3) is 0. The third-order valence-corrected chi connectivity index (χ3v) is 10.2. The Bertz CT molecular complexity index is 2910. The van der Waals surface area contributed by atoms with Gasteiger partial charge < -0.3 is 14.2 Å². The molecular formula is C51H35N3O. The average molecular weight is 706 g/mol. The minimum Gasteiger partial charge on any atom is -0.435 e. The van der Waals surface area contributed by atoms with E-state index in [1.165, 1.54) is 16.3 Å². The maximum absolute atomic E-state index is 6.77. The lowest BCUT2D eigenvalue weighted by Gasteiger charge is -2.31. The summed E-state index contributed by atoms with van der Waals surface area (Å²) in [4.78, 5) is 9.70. The molecule has 0 bridgehead atoms. The van der Waals surface area contributed by atoms with Gasteiger partial charge in [-0.05, 0) is 106 Å². The fourth-order valence-corrected chi connectivity index (χ4v) is 7.59. The predicted octanol–water partition coefficient (Wildman–Crippen LogP) is 14.4. The number of nitrogens with zero attached hydrogens (tertiary/aromatic N) is 3. The molecular weight excluding hydrogens is 671 g/mol. The van der Waals surface area contributed by atoms with E-state index in [1.54, 1.807) is 0 Å². The molecule has 0 saturated carbocycles. The Labute approximate surface area is 319 Å². The lowest BCUT2D eigenvalue weighted by Crippen LogP contribution is -2.14. The van der Waals surface area contributed by atoms with Gasteiger partial charge in [-0.2, -0.15) is 0 Å². The Morgan fingerprint density at radius 1 is 0.345 bits per heavy atom. The van der Waals surface area contributed by atoms with Crippen LogP contribution in [-0.2, 0) is 0 Å². The van der Waals surface area contributed by atoms with Crippen molar-refractivity contribution in [2.75, 3.05) is 9.80 Å². The molecule has 0 unspecified atom stereocenters. The van der Waals surface area contributed by atoms with Crippen molar-refractivity contribution in [2.45, 2.75) is 0 Å². The summed E-state index contributed by atoms with van der Waals surface area (Å²) in [5.74, 6) is 0.596. The van der Waals surface area contributed by atoms with Crippen LogP contribution in [0.4, 0.5) is 34.1 Å². The van der Waals surface area contributed by atoms with E-state index in [1.807, 2.05) is 30.3 Å². The number of hydrogen-bond acceptors (Lipinski definition) is 4. The zero-order chi connectivity index (χ0) is 36.6. The number of fused-ring (bicyclic) bond motifs is 4. The summed E-state index contributed by atoms with van der Waals surface area (Å²) in [6.45, 7) is 0. The Kier molecular flexibility index (Phi) is 8.12. The molecule has 10 rings (SSSR count). The molecule has 0 aliphatic heterocycles. The minimum atomic E-state index is 0.596. The van der Waals surface area contributed by atoms with Crippen LogP contribution in [0.25, 0.3) is 55.2 Å². The van der Waals surface area contributed by atoms with E-state index in [9.17, 15) is 0 Å². The van der Waals surface area contributed by atoms with Gasteiger partial charge in [0.05, 0.1) is 11.1 Å². The second kappa shape index (κ2) is 13.8. The van der Waals surface area contributed by atoms with E-state index >= 15 is 0 Å². The highest BCUT2D eigenvalue weighted by Gasteiger charge is 2.24. The second-order valence-electron chi connectivity index (χ2n) is 13.6. The van der Waals surface area contributed by atoms with Gasteiger partial charge in [0.1, 0.15) is 5.52 Å². The Morgan fingerprint density at radius 2 is 0.855 bits per heavy atom. The number of para-hydroxylation sites is 2. The maximum Gasteiger partial charge on any atom is 0.227 e. The molecule has 9 aromatic carbocycles. The van der Waals surface area contributed by atoms with Crippen LogP contribution in [0.2, 0.25) is 0 Å². The van der Waals surface area contributed by atoms with Crippen molar-refractivity contribution in [2.24, 2.45) is 0 Å². The van der Waals surface area contributed by atoms with E-state index in [0.717, 1.165) is 67.1 Å². The first-order valence-electron chi connectivity index (χ1n) is 18.5. The van der Waals surface area contributed by atoms with Gasteiger partial charge in [0.15, 0.2) is 5.58 Å². The molecule has 0 fully saturated rings. The second-order valence-corrected chi connectivity index (χ2v) is 13.6. The van der Waals surface area contributed by atoms with Gasteiger partial charge in [-0.1, -0.05) is 133 Å². The van der Waals surface area contributed by atoms with Crippen molar-refractivity contribution in [1.82, 2.24) is 4.98 Å². The number of benzene rings is 9. The van der Waals surface area contributed by atoms with Gasteiger partial charge in [-0.3, -0.25) is 0 Å². The highest BCUT2D eigenvalue weighted by atomic mass is 16.3. The van der Waals surface area contributed by atoms with Crippen molar-refractivity contribution in [3.05, 3.63) is 212 Å². The molecule has 0 spiro atoms. The van der Waals surface area contributed by atoms with Crippen LogP contribution < -0.4 is 9.80 Å². The normalized spacial score (nSPS) is 11.3. The van der Waals surface area contributed by atoms with Gasteiger partial charge >= 0.3 is 0 Å². The summed E-state index contributed by atoms with van der Waals surface area (Å²) in [5.41, 5.74) is 11.0. The van der Waals surface area contributed by atoms with Crippen molar-refractivity contribution in [3.63, 3.8) is 0 Å². The van der Waals surface area contributed by atoms with Gasteiger partial charge in [0.25, 0.3) is 0 Å². The Balaban J connectivity index is 1.26. The van der Waals surface area contributed by atoms with E-state index in [0.29, 0.717) is 5.89 Å². The number of rotatable bonds is 8. The minimum absolute atomic E-state index is 0.596. The van der Waals surface area contributed by atoms with Gasteiger partial charge in [-0.15, -0.1) is 0 Å². The van der Waals surface area contributed by atoms with Crippen LogP contribution in [-0.4, -0.2) is 4.98 Å². The van der Waals surface area contributed by atoms with Crippen LogP contribution in [0.5, 0.6) is 0 Å². The van der Waals surface area contributed by atoms with E-state index in [2.05, 4.69) is 192 Å². The molecule has 0 radical (unpaired) electrons. The van der Waals surface area contributed by atoms with Gasteiger partial charge in [0, 0.05) is 34.0 Å². The van der Waals surface area contributed by atoms with Crippen molar-refractivity contribution in [3.8, 4) is 22.6 Å². The van der Waals surface area contributed by atoms with E-state index in [4.69, 9.17) is 9.40 Å². The quantitative estimate of drug-likeness (QED) is 0.158. The SMILES string of the molecule is c1ccc(-c2ccc(N(c3ccccc3)c3cc(N(c4ccccc4)c4ccc5ccccc5c4)cc4ccc5nc(-c6ccccc6)oc5c34)cc2)cc1. The highest BCUT2D eigenvalue weighted by molar-refractivity contribution is 6.14. The van der Waals surface area contributed by atoms with Crippen LogP contribution in [0.1, 0.15) is 0 Å². The van der Waals surface area contributed by atoms with Crippen LogP contribution in [0.15, 0.2) is 217 Å².